The zero-order valence-electron chi connectivity index (χ0n) is 12.6. The molecule has 0 amide bonds. The van der Waals surface area contributed by atoms with Crippen LogP contribution in [0.4, 0.5) is 4.39 Å². The molecule has 1 aromatic rings. The Bertz CT molecular complexity index is 375. The van der Waals surface area contributed by atoms with Gasteiger partial charge >= 0.3 is 0 Å². The van der Waals surface area contributed by atoms with Crippen molar-refractivity contribution in [3.8, 4) is 0 Å². The summed E-state index contributed by atoms with van der Waals surface area (Å²) in [4.78, 5) is 2.45. The van der Waals surface area contributed by atoms with Gasteiger partial charge in [-0.15, -0.1) is 0 Å². The molecule has 0 bridgehead atoms. The summed E-state index contributed by atoms with van der Waals surface area (Å²) in [5, 5.41) is 0. The van der Waals surface area contributed by atoms with Gasteiger partial charge in [-0.25, -0.2) is 4.39 Å². The normalized spacial score (nSPS) is 14.9. The van der Waals surface area contributed by atoms with Gasteiger partial charge in [-0.1, -0.05) is 19.1 Å². The minimum Gasteiger partial charge on any atom is -0.329 e. The molecule has 1 rings (SSSR count). The van der Waals surface area contributed by atoms with Crippen LogP contribution in [-0.4, -0.2) is 29.6 Å². The molecule has 2 nitrogen and oxygen atoms in total. The molecular weight excluding hydrogens is 239 g/mol. The molecule has 0 aromatic heterocycles. The fraction of sp³-hybridized carbons (Fsp3) is 0.625. The first-order chi connectivity index (χ1) is 8.92. The van der Waals surface area contributed by atoms with Gasteiger partial charge in [-0.05, 0) is 57.9 Å². The molecule has 0 fully saturated rings. The van der Waals surface area contributed by atoms with E-state index in [1.165, 1.54) is 12.1 Å². The quantitative estimate of drug-likeness (QED) is 0.821. The number of benzene rings is 1. The molecule has 3 heteroatoms. The summed E-state index contributed by atoms with van der Waals surface area (Å²) in [5.74, 6) is -0.188. The molecule has 0 aliphatic heterocycles. The molecule has 19 heavy (non-hydrogen) atoms. The summed E-state index contributed by atoms with van der Waals surface area (Å²) in [5.41, 5.74) is 7.09. The number of nitrogens with zero attached hydrogens (tertiary/aromatic N) is 1. The molecule has 0 heterocycles. The van der Waals surface area contributed by atoms with Crippen molar-refractivity contribution >= 4 is 0 Å². The van der Waals surface area contributed by atoms with E-state index in [0.717, 1.165) is 24.9 Å². The minimum absolute atomic E-state index is 0.0813. The molecule has 0 spiro atoms. The van der Waals surface area contributed by atoms with E-state index in [0.29, 0.717) is 12.6 Å². The summed E-state index contributed by atoms with van der Waals surface area (Å²) in [6.45, 7) is 10.4. The molecule has 0 aliphatic carbocycles. The molecule has 0 radical (unpaired) electrons. The lowest BCUT2D eigenvalue weighted by Crippen LogP contribution is -2.56. The van der Waals surface area contributed by atoms with Crippen LogP contribution in [0.5, 0.6) is 0 Å². The molecular formula is C16H27FN2. The molecule has 0 saturated carbocycles. The predicted molar refractivity (Wildman–Crippen MR) is 79.7 cm³/mol. The lowest BCUT2D eigenvalue weighted by molar-refractivity contribution is 0.0758. The van der Waals surface area contributed by atoms with Crippen LogP contribution in [-0.2, 0) is 6.42 Å². The second-order valence-corrected chi connectivity index (χ2v) is 5.79. The van der Waals surface area contributed by atoms with E-state index in [4.69, 9.17) is 5.73 Å². The Morgan fingerprint density at radius 2 is 1.84 bits per heavy atom. The maximum Gasteiger partial charge on any atom is 0.123 e. The van der Waals surface area contributed by atoms with Crippen LogP contribution < -0.4 is 5.73 Å². The Balaban J connectivity index is 2.91. The van der Waals surface area contributed by atoms with Crippen LogP contribution in [0.15, 0.2) is 24.3 Å². The van der Waals surface area contributed by atoms with Crippen molar-refractivity contribution in [2.24, 2.45) is 5.73 Å². The van der Waals surface area contributed by atoms with Crippen molar-refractivity contribution in [1.82, 2.24) is 4.90 Å². The first-order valence-corrected chi connectivity index (χ1v) is 7.14. The van der Waals surface area contributed by atoms with E-state index in [1.807, 2.05) is 12.1 Å². The molecule has 1 atom stereocenters. The van der Waals surface area contributed by atoms with Gasteiger partial charge in [0.2, 0.25) is 0 Å². The van der Waals surface area contributed by atoms with Crippen molar-refractivity contribution < 1.29 is 4.39 Å². The molecule has 1 unspecified atom stereocenters. The third-order valence-corrected chi connectivity index (χ3v) is 3.72. The Hall–Kier alpha value is -0.930. The van der Waals surface area contributed by atoms with E-state index >= 15 is 0 Å². The van der Waals surface area contributed by atoms with Crippen molar-refractivity contribution in [1.29, 1.82) is 0 Å². The van der Waals surface area contributed by atoms with Gasteiger partial charge in [-0.2, -0.15) is 0 Å². The molecule has 1 aromatic carbocycles. The summed E-state index contributed by atoms with van der Waals surface area (Å²) in [6, 6.07) is 7.20. The highest BCUT2D eigenvalue weighted by Gasteiger charge is 2.31. The van der Waals surface area contributed by atoms with E-state index in [1.54, 1.807) is 0 Å². The van der Waals surface area contributed by atoms with Gasteiger partial charge < -0.3 is 5.73 Å². The highest BCUT2D eigenvalue weighted by atomic mass is 19.1. The topological polar surface area (TPSA) is 29.3 Å². The number of hydrogen-bond donors (Lipinski definition) is 1. The van der Waals surface area contributed by atoms with Gasteiger partial charge in [0.25, 0.3) is 0 Å². The fourth-order valence-corrected chi connectivity index (χ4v) is 2.73. The van der Waals surface area contributed by atoms with E-state index in [9.17, 15) is 4.39 Å². The lowest BCUT2D eigenvalue weighted by Gasteiger charge is -2.43. The third kappa shape index (κ3) is 4.29. The maximum absolute atomic E-state index is 13.0. The van der Waals surface area contributed by atoms with Crippen LogP contribution in [0.1, 0.15) is 39.7 Å². The van der Waals surface area contributed by atoms with Crippen molar-refractivity contribution in [2.75, 3.05) is 13.1 Å². The van der Waals surface area contributed by atoms with Crippen LogP contribution >= 0.6 is 0 Å². The SMILES string of the molecule is CCCN(C(C)C)C(C)(CN)Cc1ccc(F)cc1. The number of rotatable bonds is 7. The first-order valence-electron chi connectivity index (χ1n) is 7.14. The second-order valence-electron chi connectivity index (χ2n) is 5.79. The van der Waals surface area contributed by atoms with Gasteiger partial charge in [0, 0.05) is 18.1 Å². The predicted octanol–water partition coefficient (Wildman–Crippen LogP) is 3.21. The number of nitrogens with two attached hydrogens (primary N) is 1. The third-order valence-electron chi connectivity index (χ3n) is 3.72. The monoisotopic (exact) mass is 266 g/mol. The maximum atomic E-state index is 13.0. The fourth-order valence-electron chi connectivity index (χ4n) is 2.73. The van der Waals surface area contributed by atoms with Gasteiger partial charge in [-0.3, -0.25) is 4.90 Å². The van der Waals surface area contributed by atoms with E-state index in [-0.39, 0.29) is 11.4 Å². The molecule has 0 saturated heterocycles. The Morgan fingerprint density at radius 3 is 2.26 bits per heavy atom. The first kappa shape index (κ1) is 16.1. The molecule has 2 N–H and O–H groups in total. The highest BCUT2D eigenvalue weighted by molar-refractivity contribution is 5.19. The summed E-state index contributed by atoms with van der Waals surface area (Å²) in [7, 11) is 0. The van der Waals surface area contributed by atoms with Gasteiger partial charge in [0.1, 0.15) is 5.82 Å². The highest BCUT2D eigenvalue weighted by Crippen LogP contribution is 2.23. The molecule has 0 aliphatic rings. The van der Waals surface area contributed by atoms with Crippen molar-refractivity contribution in [2.45, 2.75) is 52.1 Å². The largest absolute Gasteiger partial charge is 0.329 e. The van der Waals surface area contributed by atoms with E-state index in [2.05, 4.69) is 32.6 Å². The minimum atomic E-state index is -0.188. The average Bonchev–Trinajstić information content (AvgIpc) is 2.38. The second kappa shape index (κ2) is 7.01. The van der Waals surface area contributed by atoms with Crippen LogP contribution in [0.25, 0.3) is 0 Å². The summed E-state index contributed by atoms with van der Waals surface area (Å²) < 4.78 is 13.0. The average molecular weight is 266 g/mol. The Kier molecular flexibility index (Phi) is 5.95. The van der Waals surface area contributed by atoms with Gasteiger partial charge in [0.15, 0.2) is 0 Å². The van der Waals surface area contributed by atoms with Crippen molar-refractivity contribution in [3.63, 3.8) is 0 Å². The lowest BCUT2D eigenvalue weighted by atomic mass is 9.89. The van der Waals surface area contributed by atoms with E-state index < -0.39 is 0 Å². The zero-order chi connectivity index (χ0) is 14.5. The Morgan fingerprint density at radius 1 is 1.26 bits per heavy atom. The van der Waals surface area contributed by atoms with Crippen molar-refractivity contribution in [3.05, 3.63) is 35.6 Å². The van der Waals surface area contributed by atoms with Gasteiger partial charge in [0.05, 0.1) is 0 Å². The summed E-state index contributed by atoms with van der Waals surface area (Å²) in [6.07, 6.45) is 1.96. The number of halogens is 1. The zero-order valence-corrected chi connectivity index (χ0v) is 12.6. The Labute approximate surface area is 116 Å². The summed E-state index contributed by atoms with van der Waals surface area (Å²) >= 11 is 0. The van der Waals surface area contributed by atoms with Crippen LogP contribution in [0, 0.1) is 5.82 Å². The smallest absolute Gasteiger partial charge is 0.123 e. The molecule has 108 valence electrons. The van der Waals surface area contributed by atoms with Crippen LogP contribution in [0.3, 0.4) is 0 Å². The van der Waals surface area contributed by atoms with Crippen LogP contribution in [0.2, 0.25) is 0 Å². The number of hydrogen-bond acceptors (Lipinski definition) is 2. The standard InChI is InChI=1S/C16H27FN2/c1-5-10-19(13(2)3)16(4,12-18)11-14-6-8-15(17)9-7-14/h6-9,13H,5,10-12,18H2,1-4H3.